The van der Waals surface area contributed by atoms with Gasteiger partial charge in [-0.1, -0.05) is 0 Å². The van der Waals surface area contributed by atoms with Gasteiger partial charge >= 0.3 is 11.9 Å². The van der Waals surface area contributed by atoms with Crippen LogP contribution in [-0.4, -0.2) is 39.2 Å². The molecule has 3 N–H and O–H groups in total. The number of rotatable bonds is 8. The number of furan rings is 1. The highest BCUT2D eigenvalue weighted by molar-refractivity contribution is 5.95. The fourth-order valence-electron chi connectivity index (χ4n) is 3.17. The predicted molar refractivity (Wildman–Crippen MR) is 116 cm³/mol. The first kappa shape index (κ1) is 23.6. The number of aromatic carboxylic acids is 2. The Morgan fingerprint density at radius 1 is 1.21 bits per heavy atom. The SMILES string of the molecule is COCc1c([N+](=O)[O-])c(/C=C/c2ccc(-c3cc(C(=O)O)cc(C(=O)O)c3)o2)[nH]c(=O)c1C#N. The molecule has 12 nitrogen and oxygen atoms in total. The van der Waals surface area contributed by atoms with E-state index in [1.54, 1.807) is 6.07 Å². The van der Waals surface area contributed by atoms with E-state index in [-0.39, 0.29) is 46.1 Å². The van der Waals surface area contributed by atoms with Crippen LogP contribution in [0.25, 0.3) is 23.5 Å². The second-order valence-electron chi connectivity index (χ2n) is 6.82. The van der Waals surface area contributed by atoms with E-state index in [4.69, 9.17) is 9.15 Å². The van der Waals surface area contributed by atoms with Crippen molar-refractivity contribution in [1.82, 2.24) is 4.98 Å². The number of nitro groups is 1. The fourth-order valence-corrected chi connectivity index (χ4v) is 3.17. The summed E-state index contributed by atoms with van der Waals surface area (Å²) in [7, 11) is 1.26. The highest BCUT2D eigenvalue weighted by atomic mass is 16.6. The zero-order valence-electron chi connectivity index (χ0n) is 17.4. The van der Waals surface area contributed by atoms with Crippen molar-refractivity contribution in [2.24, 2.45) is 0 Å². The number of aromatic amines is 1. The van der Waals surface area contributed by atoms with Gasteiger partial charge in [-0.15, -0.1) is 0 Å². The standard InChI is InChI=1S/C22H15N3O9/c1-33-10-16-15(9-23)20(26)24-17(19(16)25(31)32)4-2-14-3-5-18(34-14)11-6-12(21(27)28)8-13(7-11)22(29)30/h2-8H,10H2,1H3,(H,24,26)(H,27,28)(H,29,30)/b4-2+. The van der Waals surface area contributed by atoms with Crippen molar-refractivity contribution in [1.29, 1.82) is 5.26 Å². The number of hydrogen-bond acceptors (Lipinski definition) is 8. The Morgan fingerprint density at radius 2 is 1.85 bits per heavy atom. The smallest absolute Gasteiger partial charge is 0.335 e. The summed E-state index contributed by atoms with van der Waals surface area (Å²) in [5.41, 5.74) is -2.45. The van der Waals surface area contributed by atoms with Crippen LogP contribution in [0.4, 0.5) is 5.69 Å². The van der Waals surface area contributed by atoms with Crippen molar-refractivity contribution in [3.8, 4) is 17.4 Å². The molecule has 2 aromatic heterocycles. The molecule has 172 valence electrons. The van der Waals surface area contributed by atoms with E-state index in [2.05, 4.69) is 4.98 Å². The van der Waals surface area contributed by atoms with E-state index >= 15 is 0 Å². The number of methoxy groups -OCH3 is 1. The molecule has 0 aliphatic rings. The molecule has 12 heteroatoms. The molecule has 0 aliphatic carbocycles. The van der Waals surface area contributed by atoms with E-state index in [1.807, 2.05) is 0 Å². The Kier molecular flexibility index (Phi) is 6.70. The zero-order chi connectivity index (χ0) is 25.0. The molecule has 0 aliphatic heterocycles. The van der Waals surface area contributed by atoms with Crippen LogP contribution >= 0.6 is 0 Å². The molecule has 3 rings (SSSR count). The Balaban J connectivity index is 2.05. The normalized spacial score (nSPS) is 10.8. The molecule has 0 radical (unpaired) electrons. The fraction of sp³-hybridized carbons (Fsp3) is 0.0909. The molecule has 1 aromatic carbocycles. The zero-order valence-corrected chi connectivity index (χ0v) is 17.4. The van der Waals surface area contributed by atoms with Crippen LogP contribution in [0.3, 0.4) is 0 Å². The van der Waals surface area contributed by atoms with E-state index in [0.29, 0.717) is 0 Å². The molecule has 0 bridgehead atoms. The van der Waals surface area contributed by atoms with Gasteiger partial charge < -0.3 is 24.4 Å². The Labute approximate surface area is 190 Å². The lowest BCUT2D eigenvalue weighted by molar-refractivity contribution is -0.386. The third-order valence-corrected chi connectivity index (χ3v) is 4.65. The molecular weight excluding hydrogens is 450 g/mol. The van der Waals surface area contributed by atoms with Crippen LogP contribution in [0.15, 0.2) is 39.5 Å². The minimum absolute atomic E-state index is 0.146. The molecular formula is C22H15N3O9. The highest BCUT2D eigenvalue weighted by Crippen LogP contribution is 2.28. The van der Waals surface area contributed by atoms with Crippen molar-refractivity contribution in [2.75, 3.05) is 7.11 Å². The van der Waals surface area contributed by atoms with Gasteiger partial charge in [0, 0.05) is 12.7 Å². The number of pyridine rings is 1. The number of nitrogens with zero attached hydrogens (tertiary/aromatic N) is 2. The lowest BCUT2D eigenvalue weighted by Crippen LogP contribution is -2.18. The number of carboxylic acid groups (broad SMARTS) is 2. The number of aromatic nitrogens is 1. The summed E-state index contributed by atoms with van der Waals surface area (Å²) in [5, 5.41) is 39.3. The van der Waals surface area contributed by atoms with Gasteiger partial charge in [0.2, 0.25) is 0 Å². The summed E-state index contributed by atoms with van der Waals surface area (Å²) in [5.74, 6) is -2.33. The average molecular weight is 465 g/mol. The van der Waals surface area contributed by atoms with Crippen molar-refractivity contribution in [3.05, 3.63) is 84.5 Å². The first-order valence-electron chi connectivity index (χ1n) is 9.38. The van der Waals surface area contributed by atoms with Crippen LogP contribution in [-0.2, 0) is 11.3 Å². The molecule has 0 unspecified atom stereocenters. The summed E-state index contributed by atoms with van der Waals surface area (Å²) in [6.07, 6.45) is 2.52. The molecule has 0 atom stereocenters. The van der Waals surface area contributed by atoms with Gasteiger partial charge in [-0.3, -0.25) is 14.9 Å². The molecule has 0 fully saturated rings. The van der Waals surface area contributed by atoms with Crippen LogP contribution in [0.1, 0.15) is 43.3 Å². The minimum atomic E-state index is -1.32. The maximum absolute atomic E-state index is 12.2. The third-order valence-electron chi connectivity index (χ3n) is 4.65. The lowest BCUT2D eigenvalue weighted by Gasteiger charge is -2.06. The first-order valence-corrected chi connectivity index (χ1v) is 9.38. The molecule has 0 amide bonds. The molecule has 34 heavy (non-hydrogen) atoms. The highest BCUT2D eigenvalue weighted by Gasteiger charge is 2.25. The number of benzene rings is 1. The summed E-state index contributed by atoms with van der Waals surface area (Å²) >= 11 is 0. The first-order chi connectivity index (χ1) is 16.2. The van der Waals surface area contributed by atoms with Crippen LogP contribution < -0.4 is 5.56 Å². The summed E-state index contributed by atoms with van der Waals surface area (Å²) in [6.45, 7) is -0.333. The van der Waals surface area contributed by atoms with Gasteiger partial charge in [0.25, 0.3) is 11.2 Å². The maximum atomic E-state index is 12.2. The van der Waals surface area contributed by atoms with E-state index in [9.17, 15) is 40.0 Å². The van der Waals surface area contributed by atoms with Crippen LogP contribution in [0, 0.1) is 21.4 Å². The second kappa shape index (κ2) is 9.63. The third kappa shape index (κ3) is 4.74. The number of carboxylic acids is 2. The summed E-state index contributed by atoms with van der Waals surface area (Å²) < 4.78 is 10.5. The van der Waals surface area contributed by atoms with E-state index in [1.165, 1.54) is 43.5 Å². The number of hydrogen-bond donors (Lipinski definition) is 3. The molecule has 0 saturated carbocycles. The van der Waals surface area contributed by atoms with Gasteiger partial charge in [0.1, 0.15) is 28.8 Å². The Bertz CT molecular complexity index is 1410. The maximum Gasteiger partial charge on any atom is 0.335 e. The minimum Gasteiger partial charge on any atom is -0.478 e. The second-order valence-corrected chi connectivity index (χ2v) is 6.82. The Hall–Kier alpha value is -5.02. The summed E-state index contributed by atoms with van der Waals surface area (Å²) in [6, 6.07) is 8.04. The quantitative estimate of drug-likeness (QED) is 0.328. The monoisotopic (exact) mass is 465 g/mol. The van der Waals surface area contributed by atoms with E-state index < -0.39 is 33.7 Å². The molecule has 0 spiro atoms. The summed E-state index contributed by atoms with van der Waals surface area (Å²) in [4.78, 5) is 48.0. The topological polar surface area (TPSA) is 197 Å². The Morgan fingerprint density at radius 3 is 2.38 bits per heavy atom. The van der Waals surface area contributed by atoms with Gasteiger partial charge in [0.05, 0.1) is 28.2 Å². The van der Waals surface area contributed by atoms with Crippen molar-refractivity contribution >= 4 is 29.8 Å². The van der Waals surface area contributed by atoms with Gasteiger partial charge in [-0.05, 0) is 42.5 Å². The van der Waals surface area contributed by atoms with Crippen molar-refractivity contribution in [3.63, 3.8) is 0 Å². The number of nitriles is 1. The average Bonchev–Trinajstić information content (AvgIpc) is 3.26. The lowest BCUT2D eigenvalue weighted by atomic mass is 10.0. The number of H-pyrrole nitrogens is 1. The number of nitrogens with one attached hydrogen (secondary N) is 1. The molecule has 2 heterocycles. The van der Waals surface area contributed by atoms with Gasteiger partial charge in [-0.2, -0.15) is 5.26 Å². The largest absolute Gasteiger partial charge is 0.478 e. The van der Waals surface area contributed by atoms with Crippen LogP contribution in [0.2, 0.25) is 0 Å². The molecule has 0 saturated heterocycles. The van der Waals surface area contributed by atoms with E-state index in [0.717, 1.165) is 6.07 Å². The van der Waals surface area contributed by atoms with Crippen LogP contribution in [0.5, 0.6) is 0 Å². The number of carbonyl (C=O) groups is 2. The molecule has 3 aromatic rings. The van der Waals surface area contributed by atoms with Gasteiger partial charge in [-0.25, -0.2) is 9.59 Å². The van der Waals surface area contributed by atoms with Gasteiger partial charge in [0.15, 0.2) is 0 Å². The predicted octanol–water partition coefficient (Wildman–Crippen LogP) is 3.13. The van der Waals surface area contributed by atoms with Crippen molar-refractivity contribution < 1.29 is 33.9 Å². The van der Waals surface area contributed by atoms with Crippen molar-refractivity contribution in [2.45, 2.75) is 6.61 Å². The number of ether oxygens (including phenoxy) is 1.